The van der Waals surface area contributed by atoms with E-state index in [2.05, 4.69) is 12.1 Å². The van der Waals surface area contributed by atoms with Crippen LogP contribution in [-0.4, -0.2) is 30.4 Å². The van der Waals surface area contributed by atoms with Crippen molar-refractivity contribution >= 4 is 5.69 Å². The highest BCUT2D eigenvalue weighted by Crippen LogP contribution is 2.48. The van der Waals surface area contributed by atoms with Crippen molar-refractivity contribution in [2.45, 2.75) is 64.6 Å². The summed E-state index contributed by atoms with van der Waals surface area (Å²) in [5.74, 6) is 1.46. The van der Waals surface area contributed by atoms with Crippen LogP contribution in [0.25, 0.3) is 11.1 Å². The van der Waals surface area contributed by atoms with E-state index in [0.29, 0.717) is 19.0 Å². The number of benzene rings is 3. The minimum absolute atomic E-state index is 0.0512. The van der Waals surface area contributed by atoms with Gasteiger partial charge in [0.25, 0.3) is 5.69 Å². The molecule has 0 saturated heterocycles. The van der Waals surface area contributed by atoms with Crippen LogP contribution in [0.15, 0.2) is 42.5 Å². The summed E-state index contributed by atoms with van der Waals surface area (Å²) in [6.07, 6.45) is 8.41. The highest BCUT2D eigenvalue weighted by molar-refractivity contribution is 5.85. The number of methoxy groups -OCH3 is 1. The van der Waals surface area contributed by atoms with E-state index in [4.69, 9.17) is 14.2 Å². The van der Waals surface area contributed by atoms with Gasteiger partial charge in [-0.2, -0.15) is 0 Å². The Morgan fingerprint density at radius 3 is 2.34 bits per heavy atom. The SMILES string of the molecule is COCCOc1c(CO)cc2c(c1-c1c(OCc3cccc([N+](=O)[O-])c3)ccc3c1CCCC3)CCCC2. The number of aliphatic hydroxyl groups is 1. The number of rotatable bonds is 10. The monoisotopic (exact) mass is 517 g/mol. The first-order valence-corrected chi connectivity index (χ1v) is 13.5. The molecule has 7 heteroatoms. The predicted molar refractivity (Wildman–Crippen MR) is 146 cm³/mol. The summed E-state index contributed by atoms with van der Waals surface area (Å²) in [5, 5.41) is 21.7. The van der Waals surface area contributed by atoms with Crippen LogP contribution in [0.5, 0.6) is 11.5 Å². The fraction of sp³-hybridized carbons (Fsp3) is 0.419. The van der Waals surface area contributed by atoms with Crippen LogP contribution in [-0.2, 0) is 43.6 Å². The molecule has 0 aliphatic heterocycles. The van der Waals surface area contributed by atoms with E-state index in [1.807, 2.05) is 12.1 Å². The van der Waals surface area contributed by atoms with Gasteiger partial charge in [-0.15, -0.1) is 0 Å². The average Bonchev–Trinajstić information content (AvgIpc) is 2.95. The van der Waals surface area contributed by atoms with Gasteiger partial charge in [0.2, 0.25) is 0 Å². The van der Waals surface area contributed by atoms with Crippen LogP contribution < -0.4 is 9.47 Å². The highest BCUT2D eigenvalue weighted by atomic mass is 16.6. The number of non-ortho nitro benzene ring substituents is 1. The van der Waals surface area contributed by atoms with Gasteiger partial charge in [-0.25, -0.2) is 0 Å². The summed E-state index contributed by atoms with van der Waals surface area (Å²) in [4.78, 5) is 10.9. The van der Waals surface area contributed by atoms with Gasteiger partial charge in [-0.1, -0.05) is 18.2 Å². The first kappa shape index (κ1) is 26.2. The van der Waals surface area contributed by atoms with Crippen molar-refractivity contribution in [2.24, 2.45) is 0 Å². The Morgan fingerprint density at radius 1 is 0.868 bits per heavy atom. The standard InChI is InChI=1S/C31H35NO6/c1-36-15-16-37-31-24(19-33)18-23-9-3-5-12-27(23)30(31)29-26-11-4-2-8-22(26)13-14-28(29)38-20-21-7-6-10-25(17-21)32(34)35/h6-7,10,13-14,17-18,33H,2-5,8-9,11-12,15-16,19-20H2,1H3. The number of aliphatic hydroxyl groups excluding tert-OH is 1. The van der Waals surface area contributed by atoms with Crippen LogP contribution in [0.3, 0.4) is 0 Å². The maximum absolute atomic E-state index is 11.3. The minimum atomic E-state index is -0.385. The van der Waals surface area contributed by atoms with Gasteiger partial charge in [0.1, 0.15) is 24.7 Å². The number of nitro benzene ring substituents is 1. The second kappa shape index (κ2) is 12.0. The first-order valence-electron chi connectivity index (χ1n) is 13.5. The first-order chi connectivity index (χ1) is 18.6. The van der Waals surface area contributed by atoms with Crippen LogP contribution >= 0.6 is 0 Å². The van der Waals surface area contributed by atoms with Crippen molar-refractivity contribution in [3.63, 3.8) is 0 Å². The fourth-order valence-corrected chi connectivity index (χ4v) is 5.84. The summed E-state index contributed by atoms with van der Waals surface area (Å²) >= 11 is 0. The Labute approximate surface area is 223 Å². The van der Waals surface area contributed by atoms with Gasteiger partial charge in [0.05, 0.1) is 18.1 Å². The van der Waals surface area contributed by atoms with Crippen LogP contribution in [0.1, 0.15) is 59.1 Å². The quantitative estimate of drug-likeness (QED) is 0.198. The molecular weight excluding hydrogens is 482 g/mol. The Hall–Kier alpha value is -3.42. The molecule has 0 bridgehead atoms. The van der Waals surface area contributed by atoms with Crippen molar-refractivity contribution in [2.75, 3.05) is 20.3 Å². The summed E-state index contributed by atoms with van der Waals surface area (Å²) in [5.41, 5.74) is 8.83. The molecule has 0 aromatic heterocycles. The van der Waals surface area contributed by atoms with Crippen molar-refractivity contribution in [1.82, 2.24) is 0 Å². The number of nitro groups is 1. The number of hydrogen-bond acceptors (Lipinski definition) is 6. The molecule has 5 rings (SSSR count). The zero-order valence-corrected chi connectivity index (χ0v) is 22.0. The molecule has 7 nitrogen and oxygen atoms in total. The number of fused-ring (bicyclic) bond motifs is 2. The normalized spacial score (nSPS) is 14.5. The Balaban J connectivity index is 1.66. The van der Waals surface area contributed by atoms with Gasteiger partial charge in [-0.3, -0.25) is 10.1 Å². The molecule has 0 amide bonds. The van der Waals surface area contributed by atoms with Crippen molar-refractivity contribution < 1.29 is 24.2 Å². The molecule has 0 radical (unpaired) electrons. The number of hydrogen-bond donors (Lipinski definition) is 1. The van der Waals surface area contributed by atoms with E-state index in [9.17, 15) is 15.2 Å². The third-order valence-electron chi connectivity index (χ3n) is 7.64. The Kier molecular flexibility index (Phi) is 8.25. The molecule has 38 heavy (non-hydrogen) atoms. The topological polar surface area (TPSA) is 91.1 Å². The predicted octanol–water partition coefficient (Wildman–Crippen LogP) is 6.12. The smallest absolute Gasteiger partial charge is 0.269 e. The lowest BCUT2D eigenvalue weighted by molar-refractivity contribution is -0.384. The van der Waals surface area contributed by atoms with Crippen molar-refractivity contribution in [3.05, 3.63) is 86.0 Å². The molecule has 0 atom stereocenters. The molecule has 2 aliphatic carbocycles. The van der Waals surface area contributed by atoms with Gasteiger partial charge < -0.3 is 19.3 Å². The molecule has 200 valence electrons. The zero-order valence-electron chi connectivity index (χ0n) is 22.0. The molecular formula is C31H35NO6. The van der Waals surface area contributed by atoms with E-state index < -0.39 is 0 Å². The average molecular weight is 518 g/mol. The molecule has 0 fully saturated rings. The van der Waals surface area contributed by atoms with Gasteiger partial charge in [-0.05, 0) is 91.3 Å². The third-order valence-corrected chi connectivity index (χ3v) is 7.64. The number of ether oxygens (including phenoxy) is 3. The highest BCUT2D eigenvalue weighted by Gasteiger charge is 2.28. The van der Waals surface area contributed by atoms with Crippen LogP contribution in [0.2, 0.25) is 0 Å². The summed E-state index contributed by atoms with van der Waals surface area (Å²) < 4.78 is 18.1. The molecule has 0 unspecified atom stereocenters. The molecule has 1 N–H and O–H groups in total. The van der Waals surface area contributed by atoms with E-state index in [0.717, 1.165) is 79.4 Å². The summed E-state index contributed by atoms with van der Waals surface area (Å²) in [7, 11) is 1.65. The maximum atomic E-state index is 11.3. The fourth-order valence-electron chi connectivity index (χ4n) is 5.84. The Morgan fingerprint density at radius 2 is 1.61 bits per heavy atom. The lowest BCUT2D eigenvalue weighted by Gasteiger charge is -2.29. The van der Waals surface area contributed by atoms with Crippen LogP contribution in [0.4, 0.5) is 5.69 Å². The largest absolute Gasteiger partial charge is 0.490 e. The summed E-state index contributed by atoms with van der Waals surface area (Å²) in [6, 6.07) is 12.9. The molecule has 3 aromatic carbocycles. The van der Waals surface area contributed by atoms with Gasteiger partial charge in [0.15, 0.2) is 0 Å². The van der Waals surface area contributed by atoms with E-state index in [1.54, 1.807) is 19.2 Å². The van der Waals surface area contributed by atoms with Crippen molar-refractivity contribution in [3.8, 4) is 22.6 Å². The van der Waals surface area contributed by atoms with E-state index in [-0.39, 0.29) is 23.8 Å². The van der Waals surface area contributed by atoms with E-state index in [1.165, 1.54) is 28.3 Å². The Bertz CT molecular complexity index is 1320. The lowest BCUT2D eigenvalue weighted by Crippen LogP contribution is -2.14. The van der Waals surface area contributed by atoms with Crippen LogP contribution in [0, 0.1) is 10.1 Å². The second-order valence-electron chi connectivity index (χ2n) is 10.1. The molecule has 0 saturated carbocycles. The second-order valence-corrected chi connectivity index (χ2v) is 10.1. The molecule has 3 aromatic rings. The minimum Gasteiger partial charge on any atom is -0.490 e. The maximum Gasteiger partial charge on any atom is 0.269 e. The van der Waals surface area contributed by atoms with E-state index >= 15 is 0 Å². The molecule has 0 heterocycles. The van der Waals surface area contributed by atoms with Crippen molar-refractivity contribution in [1.29, 1.82) is 0 Å². The lowest BCUT2D eigenvalue weighted by atomic mass is 9.79. The zero-order chi connectivity index (χ0) is 26.5. The summed E-state index contributed by atoms with van der Waals surface area (Å²) in [6.45, 7) is 0.940. The van der Waals surface area contributed by atoms with Gasteiger partial charge in [0, 0.05) is 35.9 Å². The molecule has 0 spiro atoms. The number of aryl methyl sites for hydroxylation is 2. The van der Waals surface area contributed by atoms with Gasteiger partial charge >= 0.3 is 0 Å². The molecule has 2 aliphatic rings. The third kappa shape index (κ3) is 5.40. The number of nitrogens with zero attached hydrogens (tertiary/aromatic N) is 1.